The summed E-state index contributed by atoms with van der Waals surface area (Å²) in [6.07, 6.45) is 2.34. The van der Waals surface area contributed by atoms with Gasteiger partial charge in [-0.3, -0.25) is 4.90 Å². The van der Waals surface area contributed by atoms with Crippen LogP contribution in [0.2, 0.25) is 5.02 Å². The molecule has 1 aliphatic heterocycles. The van der Waals surface area contributed by atoms with Gasteiger partial charge < -0.3 is 9.15 Å². The summed E-state index contributed by atoms with van der Waals surface area (Å²) in [4.78, 5) is 14.4. The number of halogens is 1. The lowest BCUT2D eigenvalue weighted by atomic mass is 9.98. The Bertz CT molecular complexity index is 1060. The average molecular weight is 412 g/mol. The molecule has 3 aromatic rings. The maximum atomic E-state index is 12.0. The number of rotatable bonds is 5. The predicted molar refractivity (Wildman–Crippen MR) is 117 cm³/mol. The third kappa shape index (κ3) is 4.65. The van der Waals surface area contributed by atoms with E-state index in [1.54, 1.807) is 6.92 Å². The van der Waals surface area contributed by atoms with Gasteiger partial charge in [-0.1, -0.05) is 23.7 Å². The van der Waals surface area contributed by atoms with Crippen LogP contribution in [0.1, 0.15) is 29.5 Å². The fraction of sp³-hybridized carbons (Fsp3) is 0.375. The van der Waals surface area contributed by atoms with Crippen LogP contribution in [-0.2, 0) is 6.54 Å². The first-order chi connectivity index (χ1) is 14.0. The molecule has 2 aromatic carbocycles. The van der Waals surface area contributed by atoms with Gasteiger partial charge in [0, 0.05) is 41.0 Å². The topological polar surface area (TPSA) is 42.7 Å². The lowest BCUT2D eigenvalue weighted by Gasteiger charge is -2.32. The molecule has 29 heavy (non-hydrogen) atoms. The summed E-state index contributed by atoms with van der Waals surface area (Å²) in [5.41, 5.74) is 3.22. The van der Waals surface area contributed by atoms with E-state index in [1.807, 2.05) is 37.3 Å². The second-order valence-corrected chi connectivity index (χ2v) is 8.41. The first-order valence-corrected chi connectivity index (χ1v) is 10.5. The zero-order valence-electron chi connectivity index (χ0n) is 16.9. The van der Waals surface area contributed by atoms with E-state index in [2.05, 4.69) is 17.0 Å². The Kier molecular flexibility index (Phi) is 5.93. The molecule has 0 aliphatic carbocycles. The van der Waals surface area contributed by atoms with Crippen molar-refractivity contribution in [1.82, 2.24) is 4.90 Å². The van der Waals surface area contributed by atoms with Crippen LogP contribution in [0, 0.1) is 19.8 Å². The normalized spacial score (nSPS) is 17.6. The van der Waals surface area contributed by atoms with E-state index < -0.39 is 0 Å². The first kappa shape index (κ1) is 20.0. The quantitative estimate of drug-likeness (QED) is 0.530. The van der Waals surface area contributed by atoms with Crippen LogP contribution in [0.15, 0.2) is 51.7 Å². The van der Waals surface area contributed by atoms with Crippen molar-refractivity contribution < 1.29 is 9.15 Å². The van der Waals surface area contributed by atoms with E-state index in [4.69, 9.17) is 20.8 Å². The highest BCUT2D eigenvalue weighted by Crippen LogP contribution is 2.25. The van der Waals surface area contributed by atoms with Gasteiger partial charge in [0.2, 0.25) is 0 Å². The summed E-state index contributed by atoms with van der Waals surface area (Å²) in [7, 11) is 0. The van der Waals surface area contributed by atoms with Gasteiger partial charge in [-0.05, 0) is 68.6 Å². The molecule has 0 amide bonds. The van der Waals surface area contributed by atoms with E-state index in [0.717, 1.165) is 47.8 Å². The summed E-state index contributed by atoms with van der Waals surface area (Å²) in [5, 5.41) is 1.73. The number of likely N-dealkylation sites (tertiary alicyclic amines) is 1. The first-order valence-electron chi connectivity index (χ1n) is 10.1. The Morgan fingerprint density at radius 1 is 1.14 bits per heavy atom. The summed E-state index contributed by atoms with van der Waals surface area (Å²) >= 11 is 5.98. The van der Waals surface area contributed by atoms with Gasteiger partial charge in [0.1, 0.15) is 11.3 Å². The number of hydrogen-bond acceptors (Lipinski definition) is 4. The standard InChI is InChI=1S/C24H26ClNO3/c1-16-17(2)24(27)29-23-12-21(9-10-22(16)23)28-15-19-4-3-11-26(14-19)13-18-5-7-20(25)8-6-18/h5-10,12,19H,3-4,11,13-15H2,1-2H3. The number of benzene rings is 2. The molecule has 0 spiro atoms. The van der Waals surface area contributed by atoms with Crippen LogP contribution in [-0.4, -0.2) is 24.6 Å². The Balaban J connectivity index is 1.38. The lowest BCUT2D eigenvalue weighted by Crippen LogP contribution is -2.37. The van der Waals surface area contributed by atoms with Crippen molar-refractivity contribution in [2.45, 2.75) is 33.2 Å². The van der Waals surface area contributed by atoms with Crippen LogP contribution >= 0.6 is 11.6 Å². The molecule has 0 radical (unpaired) electrons. The predicted octanol–water partition coefficient (Wildman–Crippen LogP) is 5.35. The number of fused-ring (bicyclic) bond motifs is 1. The molecule has 0 saturated carbocycles. The highest BCUT2D eigenvalue weighted by atomic mass is 35.5. The molecule has 5 heteroatoms. The molecule has 1 aromatic heterocycles. The van der Waals surface area contributed by atoms with E-state index in [0.29, 0.717) is 23.7 Å². The van der Waals surface area contributed by atoms with Gasteiger partial charge in [-0.2, -0.15) is 0 Å². The summed E-state index contributed by atoms with van der Waals surface area (Å²) in [5.74, 6) is 1.23. The van der Waals surface area contributed by atoms with Gasteiger partial charge in [0.15, 0.2) is 0 Å². The van der Waals surface area contributed by atoms with Gasteiger partial charge >= 0.3 is 5.63 Å². The second kappa shape index (κ2) is 8.60. The molecule has 1 unspecified atom stereocenters. The fourth-order valence-corrected chi connectivity index (χ4v) is 4.14. The molecule has 1 aliphatic rings. The molecule has 4 rings (SSSR count). The number of ether oxygens (including phenoxy) is 1. The summed E-state index contributed by atoms with van der Waals surface area (Å²) in [6.45, 7) is 7.48. The molecule has 1 saturated heterocycles. The third-order valence-corrected chi connectivity index (χ3v) is 6.09. The third-order valence-electron chi connectivity index (χ3n) is 5.84. The van der Waals surface area contributed by atoms with Crippen LogP contribution < -0.4 is 10.4 Å². The molecular weight excluding hydrogens is 386 g/mol. The van der Waals surface area contributed by atoms with E-state index in [-0.39, 0.29) is 5.63 Å². The molecule has 1 fully saturated rings. The monoisotopic (exact) mass is 411 g/mol. The SMILES string of the molecule is Cc1c(C)c2ccc(OCC3CCCN(Cc4ccc(Cl)cc4)C3)cc2oc1=O. The zero-order valence-corrected chi connectivity index (χ0v) is 17.7. The van der Waals surface area contributed by atoms with E-state index >= 15 is 0 Å². The number of aryl methyl sites for hydroxylation is 1. The smallest absolute Gasteiger partial charge is 0.339 e. The zero-order chi connectivity index (χ0) is 20.4. The highest BCUT2D eigenvalue weighted by molar-refractivity contribution is 6.30. The second-order valence-electron chi connectivity index (χ2n) is 7.98. The largest absolute Gasteiger partial charge is 0.493 e. The van der Waals surface area contributed by atoms with Gasteiger partial charge in [0.25, 0.3) is 0 Å². The van der Waals surface area contributed by atoms with Gasteiger partial charge in [0.05, 0.1) is 6.61 Å². The van der Waals surface area contributed by atoms with Crippen molar-refractivity contribution in [1.29, 1.82) is 0 Å². The van der Waals surface area contributed by atoms with Crippen molar-refractivity contribution >= 4 is 22.6 Å². The molecule has 2 heterocycles. The van der Waals surface area contributed by atoms with Gasteiger partial charge in [-0.25, -0.2) is 4.79 Å². The number of nitrogens with zero attached hydrogens (tertiary/aromatic N) is 1. The minimum Gasteiger partial charge on any atom is -0.493 e. The summed E-state index contributed by atoms with van der Waals surface area (Å²) < 4.78 is 11.5. The number of hydrogen-bond donors (Lipinski definition) is 0. The maximum Gasteiger partial charge on any atom is 0.339 e. The van der Waals surface area contributed by atoms with Crippen molar-refractivity contribution in [3.8, 4) is 5.75 Å². The molecule has 0 N–H and O–H groups in total. The molecule has 1 atom stereocenters. The maximum absolute atomic E-state index is 12.0. The van der Waals surface area contributed by atoms with Crippen molar-refractivity contribution in [2.24, 2.45) is 5.92 Å². The Labute approximate surface area is 176 Å². The summed E-state index contributed by atoms with van der Waals surface area (Å²) in [6, 6.07) is 13.8. The Hall–Kier alpha value is -2.30. The molecule has 152 valence electrons. The Morgan fingerprint density at radius 3 is 2.72 bits per heavy atom. The van der Waals surface area contributed by atoms with Crippen molar-refractivity contribution in [2.75, 3.05) is 19.7 Å². The average Bonchev–Trinajstić information content (AvgIpc) is 2.72. The molecule has 0 bridgehead atoms. The van der Waals surface area contributed by atoms with Crippen molar-refractivity contribution in [3.05, 3.63) is 74.6 Å². The highest BCUT2D eigenvalue weighted by Gasteiger charge is 2.21. The van der Waals surface area contributed by atoms with Crippen LogP contribution in [0.3, 0.4) is 0 Å². The lowest BCUT2D eigenvalue weighted by molar-refractivity contribution is 0.125. The van der Waals surface area contributed by atoms with Crippen LogP contribution in [0.4, 0.5) is 0 Å². The van der Waals surface area contributed by atoms with Crippen LogP contribution in [0.25, 0.3) is 11.0 Å². The minimum absolute atomic E-state index is 0.280. The number of piperidine rings is 1. The minimum atomic E-state index is -0.280. The Morgan fingerprint density at radius 2 is 1.93 bits per heavy atom. The van der Waals surface area contributed by atoms with E-state index in [1.165, 1.54) is 12.0 Å². The van der Waals surface area contributed by atoms with E-state index in [9.17, 15) is 4.79 Å². The van der Waals surface area contributed by atoms with Crippen molar-refractivity contribution in [3.63, 3.8) is 0 Å². The van der Waals surface area contributed by atoms with Crippen LogP contribution in [0.5, 0.6) is 5.75 Å². The molecule has 4 nitrogen and oxygen atoms in total. The van der Waals surface area contributed by atoms with Gasteiger partial charge in [-0.15, -0.1) is 0 Å². The fourth-order valence-electron chi connectivity index (χ4n) is 4.01. The molecular formula is C24H26ClNO3.